The lowest BCUT2D eigenvalue weighted by Crippen LogP contribution is -2.33. The van der Waals surface area contributed by atoms with Crippen LogP contribution in [0.4, 0.5) is 0 Å². The lowest BCUT2D eigenvalue weighted by molar-refractivity contribution is 0.0286. The molecule has 1 aromatic heterocycles. The molecule has 0 spiro atoms. The van der Waals surface area contributed by atoms with Gasteiger partial charge in [-0.05, 0) is 140 Å². The van der Waals surface area contributed by atoms with E-state index in [9.17, 15) is 5.11 Å². The van der Waals surface area contributed by atoms with E-state index in [1.807, 2.05) is 26.2 Å². The Bertz CT molecular complexity index is 2330. The molecule has 3 aliphatic rings. The molecule has 0 radical (unpaired) electrons. The first-order valence-corrected chi connectivity index (χ1v) is 35.0. The van der Waals surface area contributed by atoms with Crippen LogP contribution in [-0.2, 0) is 33.5 Å². The van der Waals surface area contributed by atoms with Crippen LogP contribution in [0.15, 0.2) is 85.2 Å². The summed E-state index contributed by atoms with van der Waals surface area (Å²) in [6.07, 6.45) is 21.2. The monoisotopic (exact) mass is 1220 g/mol. The normalized spacial score (nSPS) is 17.1. The van der Waals surface area contributed by atoms with Gasteiger partial charge in [-0.3, -0.25) is 0 Å². The van der Waals surface area contributed by atoms with Crippen LogP contribution in [-0.4, -0.2) is 47.1 Å². The lowest BCUT2D eigenvalue weighted by Gasteiger charge is -2.38. The van der Waals surface area contributed by atoms with Gasteiger partial charge in [0.1, 0.15) is 6.33 Å². The highest BCUT2D eigenvalue weighted by atomic mass is 16.5. The number of aromatic nitrogens is 2. The number of aryl methyl sites for hydroxylation is 2. The Hall–Kier alpha value is -3.42. The molecule has 0 bridgehead atoms. The molecule has 2 saturated carbocycles. The van der Waals surface area contributed by atoms with Gasteiger partial charge in [-0.1, -0.05) is 316 Å². The number of benzene rings is 3. The van der Waals surface area contributed by atoms with Crippen molar-refractivity contribution in [2.75, 3.05) is 26.9 Å². The van der Waals surface area contributed by atoms with Crippen molar-refractivity contribution >= 4 is 0 Å². The Morgan fingerprint density at radius 1 is 0.500 bits per heavy atom. The average Bonchev–Trinajstić information content (AvgIpc) is 3.62. The second-order valence-corrected chi connectivity index (χ2v) is 33.8. The third kappa shape index (κ3) is 30.8. The van der Waals surface area contributed by atoms with Crippen LogP contribution in [0, 0.1) is 70.5 Å². The maximum absolute atomic E-state index is 9.21. The number of hydrogen-bond donors (Lipinski definition) is 2. The number of methoxy groups -OCH3 is 1. The summed E-state index contributed by atoms with van der Waals surface area (Å²) in [7, 11) is 1.83. The molecule has 0 amide bonds. The number of hydrogen-bond acceptors (Lipinski definition) is 6. The van der Waals surface area contributed by atoms with Gasteiger partial charge >= 0.3 is 0 Å². The lowest BCUT2D eigenvalue weighted by atomic mass is 9.67. The predicted octanol–water partition coefficient (Wildman–Crippen LogP) is 23.4. The second kappa shape index (κ2) is 39.2. The van der Waals surface area contributed by atoms with Gasteiger partial charge in [0.25, 0.3) is 0 Å². The zero-order valence-electron chi connectivity index (χ0n) is 62.7. The molecule has 2 N–H and O–H groups in total. The van der Waals surface area contributed by atoms with Crippen molar-refractivity contribution in [2.45, 2.75) is 306 Å². The van der Waals surface area contributed by atoms with Gasteiger partial charge in [-0.15, -0.1) is 0 Å². The fraction of sp³-hybridized carbons (Fsp3) is 0.732. The van der Waals surface area contributed by atoms with Crippen LogP contribution < -0.4 is 0 Å². The van der Waals surface area contributed by atoms with Gasteiger partial charge in [0.05, 0.1) is 18.9 Å². The van der Waals surface area contributed by atoms with Crippen LogP contribution in [0.5, 0.6) is 0 Å². The first kappa shape index (κ1) is 82.6. The molecule has 1 saturated heterocycles. The molecule has 6 nitrogen and oxygen atoms in total. The number of nitrogens with zero attached hydrogens (tertiary/aromatic N) is 2. The van der Waals surface area contributed by atoms with Crippen molar-refractivity contribution in [1.82, 2.24) is 9.97 Å². The molecule has 1 aliphatic heterocycles. The standard InChI is InChI=1S/C13H26O.C13H26.C13H20.C12H18O.C12H18.C10H16N2O.C9H18O/c1-13(2,3)12(10-14-4)11-8-6-5-7-9-11;2*1-5-12(13(2,3)4)11-9-7-6-8-10-11;1-9-6-5-7-10(8-13)11(9)12(2,3)4;1-10(12(2,3)4)11-8-6-5-7-9-11;1-7-9(10(2,3)4)8(5-13)12-6-11-7;1-9(2,3)8-4-6-10-7-5-8/h11-12H,5-10H2,1-4H3;11-12H,5-10H2,1-4H3;6-10,12H,5H2,1-4H3;5-7,13H,8H2,1-4H3;5-10H,1-4H3;6,13H,5H2,1-4H3;8H,4-7H2,1-3H3. The summed E-state index contributed by atoms with van der Waals surface area (Å²) >= 11 is 0. The Morgan fingerprint density at radius 3 is 1.28 bits per heavy atom. The predicted molar refractivity (Wildman–Crippen MR) is 385 cm³/mol. The Kier molecular flexibility index (Phi) is 36.8. The highest BCUT2D eigenvalue weighted by molar-refractivity contribution is 5.39. The summed E-state index contributed by atoms with van der Waals surface area (Å²) < 4.78 is 10.7. The Morgan fingerprint density at radius 2 is 0.955 bits per heavy atom. The maximum atomic E-state index is 9.21. The second-order valence-electron chi connectivity index (χ2n) is 33.8. The molecule has 88 heavy (non-hydrogen) atoms. The van der Waals surface area contributed by atoms with E-state index in [0.29, 0.717) is 38.9 Å². The van der Waals surface area contributed by atoms with E-state index in [2.05, 4.69) is 250 Å². The van der Waals surface area contributed by atoms with Crippen molar-refractivity contribution in [2.24, 2.45) is 56.7 Å². The molecule has 504 valence electrons. The van der Waals surface area contributed by atoms with Crippen molar-refractivity contribution in [3.8, 4) is 0 Å². The maximum Gasteiger partial charge on any atom is 0.116 e. The van der Waals surface area contributed by atoms with E-state index in [-0.39, 0.29) is 24.0 Å². The largest absolute Gasteiger partial charge is 0.392 e. The smallest absolute Gasteiger partial charge is 0.116 e. The van der Waals surface area contributed by atoms with Crippen LogP contribution >= 0.6 is 0 Å². The first-order chi connectivity index (χ1) is 40.7. The molecular weight excluding hydrogens is 1080 g/mol. The van der Waals surface area contributed by atoms with Gasteiger partial charge < -0.3 is 19.7 Å². The Labute approximate surface area is 546 Å². The van der Waals surface area contributed by atoms with E-state index in [0.717, 1.165) is 71.9 Å². The highest BCUT2D eigenvalue weighted by Gasteiger charge is 2.34. The van der Waals surface area contributed by atoms with Crippen LogP contribution in [0.1, 0.15) is 313 Å². The molecule has 3 fully saturated rings. The van der Waals surface area contributed by atoms with Gasteiger partial charge in [0.15, 0.2) is 0 Å². The number of rotatable bonds is 10. The Balaban J connectivity index is 0.000000514. The summed E-state index contributed by atoms with van der Waals surface area (Å²) in [5.41, 5.74) is 11.5. The first-order valence-electron chi connectivity index (χ1n) is 35.0. The number of aliphatic hydroxyl groups is 2. The van der Waals surface area contributed by atoms with E-state index in [1.165, 1.54) is 118 Å². The van der Waals surface area contributed by atoms with E-state index in [1.54, 1.807) is 0 Å². The third-order valence-electron chi connectivity index (χ3n) is 19.4. The SMILES string of the molecule is CC(C)(C)C1CCOCC1.CC(c1ccccc1)C(C)(C)C.CCC(C1CCCCC1)C(C)(C)C.CCC(c1ccccc1)C(C)(C)C.COCC(C1CCCCC1)C(C)(C)C.Cc1cccc(CO)c1C(C)(C)C.Cc1ncnc(CO)c1C(C)(C)C. The molecule has 4 aromatic rings. The fourth-order valence-corrected chi connectivity index (χ4v) is 14.4. The van der Waals surface area contributed by atoms with Gasteiger partial charge in [-0.25, -0.2) is 9.97 Å². The fourth-order valence-electron chi connectivity index (χ4n) is 14.4. The number of ether oxygens (including phenoxy) is 2. The summed E-state index contributed by atoms with van der Waals surface area (Å²) in [5, 5.41) is 18.3. The van der Waals surface area contributed by atoms with Crippen molar-refractivity contribution in [3.05, 3.63) is 130 Å². The molecular formula is C82H142N2O4. The van der Waals surface area contributed by atoms with E-state index in [4.69, 9.17) is 14.6 Å². The molecule has 7 rings (SSSR count). The summed E-state index contributed by atoms with van der Waals surface area (Å²) in [5.74, 6) is 5.80. The third-order valence-corrected chi connectivity index (χ3v) is 19.4. The zero-order valence-corrected chi connectivity index (χ0v) is 62.7. The van der Waals surface area contributed by atoms with Crippen molar-refractivity contribution in [1.29, 1.82) is 0 Å². The minimum atomic E-state index is -0.0179. The summed E-state index contributed by atoms with van der Waals surface area (Å²) in [4.78, 5) is 8.20. The van der Waals surface area contributed by atoms with Gasteiger partial charge in [0.2, 0.25) is 0 Å². The number of aliphatic hydroxyl groups excluding tert-OH is 2. The van der Waals surface area contributed by atoms with Gasteiger partial charge in [0, 0.05) is 38.2 Å². The van der Waals surface area contributed by atoms with E-state index >= 15 is 0 Å². The van der Waals surface area contributed by atoms with Gasteiger partial charge in [-0.2, -0.15) is 0 Å². The molecule has 6 heteroatoms. The molecule has 4 unspecified atom stereocenters. The average molecular weight is 1220 g/mol. The quantitative estimate of drug-likeness (QED) is 0.165. The molecule has 2 heterocycles. The molecule has 4 atom stereocenters. The highest BCUT2D eigenvalue weighted by Crippen LogP contribution is 2.43. The van der Waals surface area contributed by atoms with E-state index < -0.39 is 0 Å². The topological polar surface area (TPSA) is 84.7 Å². The molecule has 2 aliphatic carbocycles. The zero-order chi connectivity index (χ0) is 67.3. The van der Waals surface area contributed by atoms with Crippen molar-refractivity contribution < 1.29 is 19.7 Å². The summed E-state index contributed by atoms with van der Waals surface area (Å²) in [6.45, 7) is 61.8. The minimum absolute atomic E-state index is 0.0105. The minimum Gasteiger partial charge on any atom is -0.392 e. The van der Waals surface area contributed by atoms with Crippen LogP contribution in [0.2, 0.25) is 0 Å². The molecule has 3 aromatic carbocycles. The van der Waals surface area contributed by atoms with Crippen molar-refractivity contribution in [3.63, 3.8) is 0 Å². The van der Waals surface area contributed by atoms with Crippen LogP contribution in [0.25, 0.3) is 0 Å². The summed E-state index contributed by atoms with van der Waals surface area (Å²) in [6, 6.07) is 27.6. The van der Waals surface area contributed by atoms with Crippen LogP contribution in [0.3, 0.4) is 0 Å².